The van der Waals surface area contributed by atoms with E-state index in [0.29, 0.717) is 29.9 Å². The van der Waals surface area contributed by atoms with E-state index in [1.54, 1.807) is 42.6 Å². The van der Waals surface area contributed by atoms with Gasteiger partial charge in [-0.15, -0.1) is 24.8 Å². The van der Waals surface area contributed by atoms with Crippen LogP contribution in [-0.2, 0) is 0 Å². The van der Waals surface area contributed by atoms with Crippen molar-refractivity contribution in [1.29, 1.82) is 0 Å². The number of likely N-dealkylation sites (N-methyl/N-ethyl adjacent to an activating group) is 1. The van der Waals surface area contributed by atoms with Gasteiger partial charge in [0.1, 0.15) is 5.82 Å². The molecule has 4 N–H and O–H groups in total. The number of carbonyl (C=O) groups is 2. The van der Waals surface area contributed by atoms with Crippen molar-refractivity contribution in [2.75, 3.05) is 56.5 Å². The molecule has 1 aromatic carbocycles. The maximum Gasteiger partial charge on any atom is 0.255 e. The van der Waals surface area contributed by atoms with Crippen molar-refractivity contribution in [3.8, 4) is 0 Å². The Morgan fingerprint density at radius 1 is 1.07 bits per heavy atom. The van der Waals surface area contributed by atoms with Crippen molar-refractivity contribution >= 4 is 48.1 Å². The first kappa shape index (κ1) is 25.6. The molecule has 0 bridgehead atoms. The molecule has 30 heavy (non-hydrogen) atoms. The third kappa shape index (κ3) is 6.56. The zero-order valence-corrected chi connectivity index (χ0v) is 18.5. The van der Waals surface area contributed by atoms with Crippen molar-refractivity contribution in [2.24, 2.45) is 5.73 Å². The zero-order chi connectivity index (χ0) is 19.9. The number of carbonyl (C=O) groups excluding carboxylic acids is 2. The number of amides is 2. The van der Waals surface area contributed by atoms with Gasteiger partial charge in [0.15, 0.2) is 0 Å². The minimum atomic E-state index is -0.281. The Labute approximate surface area is 189 Å². The number of aromatic nitrogens is 1. The molecule has 0 atom stereocenters. The summed E-state index contributed by atoms with van der Waals surface area (Å²) in [5.41, 5.74) is 6.80. The van der Waals surface area contributed by atoms with Gasteiger partial charge in [-0.2, -0.15) is 0 Å². The average molecular weight is 455 g/mol. The summed E-state index contributed by atoms with van der Waals surface area (Å²) >= 11 is 0. The SMILES string of the molecule is CN1CCN(c2cc(C(=O)Nc3ccccc3C(=O)NCCN)ccn2)CC1.Cl.Cl. The Morgan fingerprint density at radius 2 is 1.77 bits per heavy atom. The molecular weight excluding hydrogens is 427 g/mol. The van der Waals surface area contributed by atoms with Gasteiger partial charge < -0.3 is 26.2 Å². The maximum atomic E-state index is 12.8. The van der Waals surface area contributed by atoms with Gasteiger partial charge >= 0.3 is 0 Å². The lowest BCUT2D eigenvalue weighted by Crippen LogP contribution is -2.44. The summed E-state index contributed by atoms with van der Waals surface area (Å²) in [5.74, 6) is 0.237. The number of anilines is 2. The predicted molar refractivity (Wildman–Crippen MR) is 124 cm³/mol. The minimum absolute atomic E-state index is 0. The van der Waals surface area contributed by atoms with E-state index in [2.05, 4.69) is 32.5 Å². The second-order valence-corrected chi connectivity index (χ2v) is 6.74. The number of nitrogens with one attached hydrogen (secondary N) is 2. The molecule has 2 heterocycles. The molecule has 0 unspecified atom stereocenters. The van der Waals surface area contributed by atoms with E-state index in [9.17, 15) is 9.59 Å². The Morgan fingerprint density at radius 3 is 2.47 bits per heavy atom. The third-order valence-electron chi connectivity index (χ3n) is 4.68. The fourth-order valence-corrected chi connectivity index (χ4v) is 3.03. The molecule has 8 nitrogen and oxygen atoms in total. The van der Waals surface area contributed by atoms with Crippen LogP contribution in [0.2, 0.25) is 0 Å². The van der Waals surface area contributed by atoms with Crippen molar-refractivity contribution in [2.45, 2.75) is 0 Å². The molecule has 3 rings (SSSR count). The van der Waals surface area contributed by atoms with Crippen molar-refractivity contribution in [3.63, 3.8) is 0 Å². The topological polar surface area (TPSA) is 104 Å². The molecule has 2 amide bonds. The van der Waals surface area contributed by atoms with Gasteiger partial charge in [-0.25, -0.2) is 4.98 Å². The van der Waals surface area contributed by atoms with Crippen molar-refractivity contribution < 1.29 is 9.59 Å². The minimum Gasteiger partial charge on any atom is -0.354 e. The highest BCUT2D eigenvalue weighted by Crippen LogP contribution is 2.19. The fraction of sp³-hybridized carbons (Fsp3) is 0.350. The summed E-state index contributed by atoms with van der Waals surface area (Å²) in [7, 11) is 2.09. The Bertz CT molecular complexity index is 844. The van der Waals surface area contributed by atoms with Gasteiger partial charge in [-0.3, -0.25) is 9.59 Å². The molecule has 1 aliphatic heterocycles. The zero-order valence-electron chi connectivity index (χ0n) is 16.8. The highest BCUT2D eigenvalue weighted by Gasteiger charge is 2.18. The van der Waals surface area contributed by atoms with E-state index < -0.39 is 0 Å². The van der Waals surface area contributed by atoms with Gasteiger partial charge in [0, 0.05) is 51.0 Å². The number of benzene rings is 1. The van der Waals surface area contributed by atoms with Crippen LogP contribution in [0.25, 0.3) is 0 Å². The average Bonchev–Trinajstić information content (AvgIpc) is 2.73. The van der Waals surface area contributed by atoms with Crippen LogP contribution in [0.5, 0.6) is 0 Å². The molecule has 1 aliphatic rings. The lowest BCUT2D eigenvalue weighted by atomic mass is 10.1. The number of hydrogen-bond donors (Lipinski definition) is 3. The van der Waals surface area contributed by atoms with Crippen LogP contribution in [0.1, 0.15) is 20.7 Å². The Hall–Kier alpha value is -2.39. The van der Waals surface area contributed by atoms with E-state index in [1.807, 2.05) is 0 Å². The quantitative estimate of drug-likeness (QED) is 0.612. The number of nitrogens with zero attached hydrogens (tertiary/aromatic N) is 3. The molecule has 0 aliphatic carbocycles. The lowest BCUT2D eigenvalue weighted by Gasteiger charge is -2.33. The first-order valence-corrected chi connectivity index (χ1v) is 9.36. The molecular formula is C20H28Cl2N6O2. The second-order valence-electron chi connectivity index (χ2n) is 6.74. The molecule has 0 spiro atoms. The molecule has 1 saturated heterocycles. The number of piperazine rings is 1. The summed E-state index contributed by atoms with van der Waals surface area (Å²) in [6.07, 6.45) is 1.64. The molecule has 0 radical (unpaired) electrons. The smallest absolute Gasteiger partial charge is 0.255 e. The number of rotatable bonds is 6. The van der Waals surface area contributed by atoms with E-state index in [-0.39, 0.29) is 36.6 Å². The molecule has 10 heteroatoms. The Kier molecular flexibility index (Phi) is 10.5. The van der Waals surface area contributed by atoms with Gasteiger partial charge in [0.05, 0.1) is 11.3 Å². The van der Waals surface area contributed by atoms with Gasteiger partial charge in [-0.1, -0.05) is 12.1 Å². The highest BCUT2D eigenvalue weighted by molar-refractivity contribution is 6.09. The maximum absolute atomic E-state index is 12.8. The van der Waals surface area contributed by atoms with E-state index in [4.69, 9.17) is 5.73 Å². The van der Waals surface area contributed by atoms with E-state index in [1.165, 1.54) is 0 Å². The van der Waals surface area contributed by atoms with Crippen LogP contribution >= 0.6 is 24.8 Å². The van der Waals surface area contributed by atoms with Crippen LogP contribution in [0.4, 0.5) is 11.5 Å². The number of para-hydroxylation sites is 1. The predicted octanol–water partition coefficient (Wildman–Crippen LogP) is 1.62. The third-order valence-corrected chi connectivity index (χ3v) is 4.68. The largest absolute Gasteiger partial charge is 0.354 e. The molecule has 2 aromatic rings. The van der Waals surface area contributed by atoms with Gasteiger partial charge in [-0.05, 0) is 31.3 Å². The number of halogens is 2. The summed E-state index contributed by atoms with van der Waals surface area (Å²) in [5, 5.41) is 5.56. The van der Waals surface area contributed by atoms with Crippen LogP contribution < -0.4 is 21.3 Å². The number of hydrogen-bond acceptors (Lipinski definition) is 6. The molecule has 1 aromatic heterocycles. The normalized spacial score (nSPS) is 13.6. The first-order chi connectivity index (χ1) is 13.6. The molecule has 0 saturated carbocycles. The van der Waals surface area contributed by atoms with E-state index >= 15 is 0 Å². The van der Waals surface area contributed by atoms with E-state index in [0.717, 1.165) is 32.0 Å². The summed E-state index contributed by atoms with van der Waals surface area (Å²) in [6.45, 7) is 4.40. The van der Waals surface area contributed by atoms with Crippen LogP contribution in [0.15, 0.2) is 42.6 Å². The summed E-state index contributed by atoms with van der Waals surface area (Å²) in [4.78, 5) is 33.9. The van der Waals surface area contributed by atoms with Crippen LogP contribution in [0, 0.1) is 0 Å². The highest BCUT2D eigenvalue weighted by atomic mass is 35.5. The summed E-state index contributed by atoms with van der Waals surface area (Å²) < 4.78 is 0. The fourth-order valence-electron chi connectivity index (χ4n) is 3.03. The van der Waals surface area contributed by atoms with Crippen LogP contribution in [0.3, 0.4) is 0 Å². The summed E-state index contributed by atoms with van der Waals surface area (Å²) in [6, 6.07) is 10.4. The Balaban J connectivity index is 0.00000225. The van der Waals surface area contributed by atoms with Crippen molar-refractivity contribution in [3.05, 3.63) is 53.7 Å². The monoisotopic (exact) mass is 454 g/mol. The number of pyridine rings is 1. The lowest BCUT2D eigenvalue weighted by molar-refractivity contribution is 0.0955. The van der Waals surface area contributed by atoms with Gasteiger partial charge in [0.2, 0.25) is 0 Å². The molecule has 164 valence electrons. The second kappa shape index (κ2) is 12.3. The molecule has 1 fully saturated rings. The number of nitrogens with two attached hydrogens (primary N) is 1. The van der Waals surface area contributed by atoms with Gasteiger partial charge in [0.25, 0.3) is 11.8 Å². The first-order valence-electron chi connectivity index (χ1n) is 9.36. The van der Waals surface area contributed by atoms with Crippen LogP contribution in [-0.4, -0.2) is 68.0 Å². The standard InChI is InChI=1S/C20H26N6O2.2ClH/c1-25-10-12-26(13-11-25)18-14-15(6-8-22-18)19(27)24-17-5-3-2-4-16(17)20(28)23-9-7-21;;/h2-6,8,14H,7,9-13,21H2,1H3,(H,23,28)(H,24,27);2*1H. The van der Waals surface area contributed by atoms with Crippen molar-refractivity contribution in [1.82, 2.24) is 15.2 Å².